The SMILES string of the molecule is CCCn1cc(CN[C@H](C)c2ccccc2OC)cn1. The normalized spacial score (nSPS) is 12.3. The summed E-state index contributed by atoms with van der Waals surface area (Å²) < 4.78 is 7.39. The smallest absolute Gasteiger partial charge is 0.123 e. The molecule has 4 nitrogen and oxygen atoms in total. The van der Waals surface area contributed by atoms with E-state index in [9.17, 15) is 0 Å². The second kappa shape index (κ2) is 7.10. The van der Waals surface area contributed by atoms with Gasteiger partial charge in [-0.3, -0.25) is 4.68 Å². The molecular weight excluding hydrogens is 250 g/mol. The minimum atomic E-state index is 0.237. The zero-order valence-electron chi connectivity index (χ0n) is 12.5. The molecule has 0 fully saturated rings. The number of hydrogen-bond acceptors (Lipinski definition) is 3. The fourth-order valence-corrected chi connectivity index (χ4v) is 2.25. The monoisotopic (exact) mass is 273 g/mol. The van der Waals surface area contributed by atoms with Crippen molar-refractivity contribution in [1.82, 2.24) is 15.1 Å². The Kier molecular flexibility index (Phi) is 5.18. The summed E-state index contributed by atoms with van der Waals surface area (Å²) in [6.07, 6.45) is 5.13. The molecule has 0 bridgehead atoms. The average Bonchev–Trinajstić information content (AvgIpc) is 2.93. The van der Waals surface area contributed by atoms with Gasteiger partial charge in [-0.25, -0.2) is 0 Å². The Labute approximate surface area is 120 Å². The molecule has 108 valence electrons. The summed E-state index contributed by atoms with van der Waals surface area (Å²) in [6, 6.07) is 8.35. The van der Waals surface area contributed by atoms with Gasteiger partial charge in [-0.1, -0.05) is 25.1 Å². The van der Waals surface area contributed by atoms with Crippen LogP contribution >= 0.6 is 0 Å². The minimum absolute atomic E-state index is 0.237. The second-order valence-corrected chi connectivity index (χ2v) is 4.96. The molecule has 4 heteroatoms. The van der Waals surface area contributed by atoms with E-state index < -0.39 is 0 Å². The molecular formula is C16H23N3O. The van der Waals surface area contributed by atoms with E-state index >= 15 is 0 Å². The number of ether oxygens (including phenoxy) is 1. The number of rotatable bonds is 7. The molecule has 0 aliphatic heterocycles. The van der Waals surface area contributed by atoms with Crippen molar-refractivity contribution in [2.24, 2.45) is 0 Å². The van der Waals surface area contributed by atoms with Gasteiger partial charge in [0.25, 0.3) is 0 Å². The third-order valence-corrected chi connectivity index (χ3v) is 3.36. The highest BCUT2D eigenvalue weighted by molar-refractivity contribution is 5.35. The van der Waals surface area contributed by atoms with Gasteiger partial charge in [0.15, 0.2) is 0 Å². The second-order valence-electron chi connectivity index (χ2n) is 4.96. The van der Waals surface area contributed by atoms with Crippen LogP contribution in [0.25, 0.3) is 0 Å². The lowest BCUT2D eigenvalue weighted by Crippen LogP contribution is -2.18. The lowest BCUT2D eigenvalue weighted by Gasteiger charge is -2.16. The summed E-state index contributed by atoms with van der Waals surface area (Å²) in [5.74, 6) is 0.925. The fourth-order valence-electron chi connectivity index (χ4n) is 2.25. The van der Waals surface area contributed by atoms with Crippen molar-refractivity contribution >= 4 is 0 Å². The van der Waals surface area contributed by atoms with Gasteiger partial charge in [0.2, 0.25) is 0 Å². The highest BCUT2D eigenvalue weighted by Crippen LogP contribution is 2.24. The molecule has 0 unspecified atom stereocenters. The van der Waals surface area contributed by atoms with Crippen LogP contribution in [0.3, 0.4) is 0 Å². The van der Waals surface area contributed by atoms with E-state index in [1.807, 2.05) is 29.1 Å². The molecule has 2 aromatic rings. The molecule has 0 aliphatic carbocycles. The molecule has 0 spiro atoms. The number of aromatic nitrogens is 2. The first-order valence-corrected chi connectivity index (χ1v) is 7.12. The Balaban J connectivity index is 1.95. The molecule has 1 aromatic heterocycles. The predicted octanol–water partition coefficient (Wildman–Crippen LogP) is 3.15. The van der Waals surface area contributed by atoms with E-state index in [-0.39, 0.29) is 6.04 Å². The third-order valence-electron chi connectivity index (χ3n) is 3.36. The summed E-state index contributed by atoms with van der Waals surface area (Å²) in [5.41, 5.74) is 2.39. The molecule has 0 amide bonds. The molecule has 0 saturated carbocycles. The van der Waals surface area contributed by atoms with Gasteiger partial charge in [0, 0.05) is 36.5 Å². The van der Waals surface area contributed by atoms with Crippen molar-refractivity contribution in [1.29, 1.82) is 0 Å². The van der Waals surface area contributed by atoms with Crippen molar-refractivity contribution in [2.45, 2.75) is 39.4 Å². The first kappa shape index (κ1) is 14.6. The summed E-state index contributed by atoms with van der Waals surface area (Å²) in [7, 11) is 1.71. The molecule has 0 saturated heterocycles. The Morgan fingerprint density at radius 1 is 1.35 bits per heavy atom. The van der Waals surface area contributed by atoms with Crippen LogP contribution in [0.15, 0.2) is 36.7 Å². The van der Waals surface area contributed by atoms with Gasteiger partial charge in [-0.05, 0) is 19.4 Å². The van der Waals surface area contributed by atoms with E-state index in [1.54, 1.807) is 7.11 Å². The molecule has 20 heavy (non-hydrogen) atoms. The lowest BCUT2D eigenvalue weighted by atomic mass is 10.1. The van der Waals surface area contributed by atoms with Crippen LogP contribution in [0, 0.1) is 0 Å². The summed E-state index contributed by atoms with van der Waals surface area (Å²) in [5, 5.41) is 7.85. The number of hydrogen-bond donors (Lipinski definition) is 1. The van der Waals surface area contributed by atoms with Crippen molar-refractivity contribution in [2.75, 3.05) is 7.11 Å². The zero-order chi connectivity index (χ0) is 14.4. The average molecular weight is 273 g/mol. The number of methoxy groups -OCH3 is 1. The number of nitrogens with one attached hydrogen (secondary N) is 1. The molecule has 1 N–H and O–H groups in total. The van der Waals surface area contributed by atoms with Crippen molar-refractivity contribution in [3.8, 4) is 5.75 Å². The van der Waals surface area contributed by atoms with E-state index in [4.69, 9.17) is 4.74 Å². The van der Waals surface area contributed by atoms with Gasteiger partial charge < -0.3 is 10.1 Å². The Bertz CT molecular complexity index is 536. The number of aryl methyl sites for hydroxylation is 1. The van der Waals surface area contributed by atoms with Crippen LogP contribution in [-0.4, -0.2) is 16.9 Å². The summed E-state index contributed by atoms with van der Waals surface area (Å²) in [4.78, 5) is 0. The first-order chi connectivity index (χ1) is 9.74. The Hall–Kier alpha value is -1.81. The van der Waals surface area contributed by atoms with E-state index in [1.165, 1.54) is 11.1 Å². The first-order valence-electron chi connectivity index (χ1n) is 7.12. The topological polar surface area (TPSA) is 39.1 Å². The summed E-state index contributed by atoms with van der Waals surface area (Å²) in [6.45, 7) is 6.09. The van der Waals surface area contributed by atoms with Crippen LogP contribution in [0.5, 0.6) is 5.75 Å². The van der Waals surface area contributed by atoms with Crippen molar-refractivity contribution < 1.29 is 4.74 Å². The fraction of sp³-hybridized carbons (Fsp3) is 0.438. The van der Waals surface area contributed by atoms with Crippen LogP contribution in [-0.2, 0) is 13.1 Å². The number of nitrogens with zero attached hydrogens (tertiary/aromatic N) is 2. The molecule has 0 aliphatic rings. The maximum atomic E-state index is 5.40. The molecule has 1 atom stereocenters. The standard InChI is InChI=1S/C16H23N3O/c1-4-9-19-12-14(11-18-19)10-17-13(2)15-7-5-6-8-16(15)20-3/h5-8,11-13,17H,4,9-10H2,1-3H3/t13-/m1/s1. The zero-order valence-corrected chi connectivity index (χ0v) is 12.5. The molecule has 0 radical (unpaired) electrons. The number of para-hydroxylation sites is 1. The Morgan fingerprint density at radius 3 is 2.90 bits per heavy atom. The van der Waals surface area contributed by atoms with E-state index in [0.29, 0.717) is 0 Å². The molecule has 2 rings (SSSR count). The minimum Gasteiger partial charge on any atom is -0.496 e. The molecule has 1 heterocycles. The lowest BCUT2D eigenvalue weighted by molar-refractivity contribution is 0.401. The van der Waals surface area contributed by atoms with Gasteiger partial charge in [0.05, 0.1) is 13.3 Å². The van der Waals surface area contributed by atoms with Crippen molar-refractivity contribution in [3.63, 3.8) is 0 Å². The largest absolute Gasteiger partial charge is 0.496 e. The van der Waals surface area contributed by atoms with Crippen LogP contribution in [0.2, 0.25) is 0 Å². The van der Waals surface area contributed by atoms with Crippen molar-refractivity contribution in [3.05, 3.63) is 47.8 Å². The van der Waals surface area contributed by atoms with E-state index in [2.05, 4.69) is 36.5 Å². The van der Waals surface area contributed by atoms with E-state index in [0.717, 1.165) is 25.3 Å². The quantitative estimate of drug-likeness (QED) is 0.842. The van der Waals surface area contributed by atoms with Gasteiger partial charge in [-0.2, -0.15) is 5.10 Å². The van der Waals surface area contributed by atoms with Crippen LogP contribution in [0.1, 0.15) is 37.4 Å². The Morgan fingerprint density at radius 2 is 2.15 bits per heavy atom. The molecule has 1 aromatic carbocycles. The van der Waals surface area contributed by atoms with Gasteiger partial charge in [0.1, 0.15) is 5.75 Å². The van der Waals surface area contributed by atoms with Crippen LogP contribution < -0.4 is 10.1 Å². The maximum absolute atomic E-state index is 5.40. The number of benzene rings is 1. The third kappa shape index (κ3) is 3.61. The highest BCUT2D eigenvalue weighted by Gasteiger charge is 2.10. The summed E-state index contributed by atoms with van der Waals surface area (Å²) >= 11 is 0. The van der Waals surface area contributed by atoms with Gasteiger partial charge in [-0.15, -0.1) is 0 Å². The highest BCUT2D eigenvalue weighted by atomic mass is 16.5. The maximum Gasteiger partial charge on any atom is 0.123 e. The van der Waals surface area contributed by atoms with Gasteiger partial charge >= 0.3 is 0 Å². The predicted molar refractivity (Wildman–Crippen MR) is 80.8 cm³/mol. The van der Waals surface area contributed by atoms with Crippen LogP contribution in [0.4, 0.5) is 0 Å².